The maximum atomic E-state index is 10.9. The quantitative estimate of drug-likeness (QED) is 0.454. The van der Waals surface area contributed by atoms with E-state index in [-0.39, 0.29) is 19.8 Å². The standard InChI is InChI=1S/C7H18NO5P/c1-8(2,3)4-6-12-14(10,11)13-7-5-9/h9H,4-7H2,1-3H3. The van der Waals surface area contributed by atoms with Crippen LogP contribution in [0, 0.1) is 0 Å². The topological polar surface area (TPSA) is 78.8 Å². The molecule has 1 atom stereocenters. The van der Waals surface area contributed by atoms with Gasteiger partial charge in [-0.05, 0) is 0 Å². The first kappa shape index (κ1) is 14.0. The van der Waals surface area contributed by atoms with Crippen molar-refractivity contribution in [1.29, 1.82) is 0 Å². The zero-order valence-corrected chi connectivity index (χ0v) is 9.70. The zero-order chi connectivity index (χ0) is 11.2. The molecule has 1 N–H and O–H groups in total. The fourth-order valence-electron chi connectivity index (χ4n) is 0.616. The Labute approximate surface area is 84.3 Å². The Balaban J connectivity index is 3.71. The van der Waals surface area contributed by atoms with E-state index in [9.17, 15) is 9.46 Å². The Bertz CT molecular complexity index is 203. The molecule has 7 heteroatoms. The summed E-state index contributed by atoms with van der Waals surface area (Å²) in [5, 5.41) is 8.34. The molecule has 0 aromatic heterocycles. The van der Waals surface area contributed by atoms with E-state index in [1.54, 1.807) is 0 Å². The van der Waals surface area contributed by atoms with Gasteiger partial charge in [-0.3, -0.25) is 4.57 Å². The van der Waals surface area contributed by atoms with Crippen molar-refractivity contribution in [3.63, 3.8) is 0 Å². The number of phosphoric ester groups is 1. The van der Waals surface area contributed by atoms with Gasteiger partial charge in [-0.2, -0.15) is 0 Å². The molecule has 0 aliphatic rings. The molecule has 6 nitrogen and oxygen atoms in total. The van der Waals surface area contributed by atoms with E-state index in [1.165, 1.54) is 0 Å². The third kappa shape index (κ3) is 8.62. The van der Waals surface area contributed by atoms with E-state index in [2.05, 4.69) is 9.05 Å². The minimum absolute atomic E-state index is 0.0791. The van der Waals surface area contributed by atoms with E-state index in [0.29, 0.717) is 11.0 Å². The Morgan fingerprint density at radius 2 is 1.79 bits per heavy atom. The first-order valence-electron chi connectivity index (χ1n) is 4.28. The van der Waals surface area contributed by atoms with Gasteiger partial charge in [0.25, 0.3) is 7.82 Å². The van der Waals surface area contributed by atoms with E-state index in [4.69, 9.17) is 5.11 Å². The molecule has 0 saturated carbocycles. The van der Waals surface area contributed by atoms with E-state index in [1.807, 2.05) is 21.1 Å². The van der Waals surface area contributed by atoms with Crippen LogP contribution in [-0.2, 0) is 13.6 Å². The molecular formula is C7H18NO5P. The molecule has 0 rings (SSSR count). The minimum atomic E-state index is -4.22. The molecule has 0 heterocycles. The normalized spacial score (nSPS) is 16.6. The summed E-state index contributed by atoms with van der Waals surface area (Å²) in [4.78, 5) is 10.9. The van der Waals surface area contributed by atoms with Crippen LogP contribution in [0.25, 0.3) is 0 Å². The van der Waals surface area contributed by atoms with Gasteiger partial charge in [0.05, 0.1) is 34.4 Å². The van der Waals surface area contributed by atoms with Gasteiger partial charge in [0.1, 0.15) is 13.2 Å². The van der Waals surface area contributed by atoms with Crippen molar-refractivity contribution >= 4 is 7.82 Å². The van der Waals surface area contributed by atoms with Crippen LogP contribution in [0.2, 0.25) is 0 Å². The second-order valence-corrected chi connectivity index (χ2v) is 5.26. The molecule has 1 unspecified atom stereocenters. The van der Waals surface area contributed by atoms with Crippen molar-refractivity contribution in [2.75, 3.05) is 47.5 Å². The predicted octanol–water partition coefficient (Wildman–Crippen LogP) is -0.813. The molecule has 0 aromatic carbocycles. The number of likely N-dealkylation sites (N-methyl/N-ethyl adjacent to an activating group) is 1. The second-order valence-electron chi connectivity index (χ2n) is 3.85. The number of phosphoric acid groups is 1. The van der Waals surface area contributed by atoms with Crippen molar-refractivity contribution in [2.45, 2.75) is 0 Å². The number of nitrogens with zero attached hydrogens (tertiary/aromatic N) is 1. The van der Waals surface area contributed by atoms with Gasteiger partial charge in [0, 0.05) is 0 Å². The lowest BCUT2D eigenvalue weighted by atomic mass is 10.5. The highest BCUT2D eigenvalue weighted by molar-refractivity contribution is 7.45. The molecule has 0 aliphatic heterocycles. The van der Waals surface area contributed by atoms with Crippen LogP contribution >= 0.6 is 7.82 Å². The molecule has 0 radical (unpaired) electrons. The highest BCUT2D eigenvalue weighted by Gasteiger charge is 2.12. The summed E-state index contributed by atoms with van der Waals surface area (Å²) in [6.45, 7) is 0.0422. The van der Waals surface area contributed by atoms with Crippen LogP contribution in [0.4, 0.5) is 0 Å². The van der Waals surface area contributed by atoms with Crippen LogP contribution < -0.4 is 4.89 Å². The summed E-state index contributed by atoms with van der Waals surface area (Å²) in [5.41, 5.74) is 0. The SMILES string of the molecule is C[N+](C)(C)CCOP(=O)([O-])OCCO. The molecule has 0 fully saturated rings. The average molecular weight is 227 g/mol. The Hall–Kier alpha value is 0.0300. The van der Waals surface area contributed by atoms with Gasteiger partial charge in [-0.15, -0.1) is 0 Å². The summed E-state index contributed by atoms with van der Waals surface area (Å²) in [7, 11) is 1.56. The maximum absolute atomic E-state index is 10.9. The largest absolute Gasteiger partial charge is 0.756 e. The van der Waals surface area contributed by atoms with E-state index < -0.39 is 7.82 Å². The molecule has 0 amide bonds. The Morgan fingerprint density at radius 1 is 1.29 bits per heavy atom. The van der Waals surface area contributed by atoms with Gasteiger partial charge in [-0.1, -0.05) is 0 Å². The molecule has 14 heavy (non-hydrogen) atoms. The highest BCUT2D eigenvalue weighted by Crippen LogP contribution is 2.37. The summed E-state index contributed by atoms with van der Waals surface area (Å²) >= 11 is 0. The number of rotatable bonds is 7. The minimum Gasteiger partial charge on any atom is -0.756 e. The van der Waals surface area contributed by atoms with Crippen LogP contribution in [0.1, 0.15) is 0 Å². The Morgan fingerprint density at radius 3 is 2.21 bits per heavy atom. The van der Waals surface area contributed by atoms with Gasteiger partial charge < -0.3 is 23.5 Å². The van der Waals surface area contributed by atoms with Gasteiger partial charge >= 0.3 is 0 Å². The monoisotopic (exact) mass is 227 g/mol. The fourth-order valence-corrected chi connectivity index (χ4v) is 1.30. The molecule has 0 bridgehead atoms. The maximum Gasteiger partial charge on any atom is 0.268 e. The van der Waals surface area contributed by atoms with Crippen LogP contribution in [0.3, 0.4) is 0 Å². The van der Waals surface area contributed by atoms with Gasteiger partial charge in [-0.25, -0.2) is 0 Å². The molecule has 0 aliphatic carbocycles. The van der Waals surface area contributed by atoms with Crippen molar-refractivity contribution < 1.29 is 28.1 Å². The average Bonchev–Trinajstić information content (AvgIpc) is 1.98. The second kappa shape index (κ2) is 5.80. The fraction of sp³-hybridized carbons (Fsp3) is 1.00. The predicted molar refractivity (Wildman–Crippen MR) is 49.5 cm³/mol. The first-order chi connectivity index (χ1) is 6.27. The first-order valence-corrected chi connectivity index (χ1v) is 5.74. The third-order valence-electron chi connectivity index (χ3n) is 1.35. The van der Waals surface area contributed by atoms with Gasteiger partial charge in [0.15, 0.2) is 0 Å². The van der Waals surface area contributed by atoms with Crippen LogP contribution in [-0.4, -0.2) is 57.1 Å². The van der Waals surface area contributed by atoms with Crippen molar-refractivity contribution in [2.24, 2.45) is 0 Å². The van der Waals surface area contributed by atoms with Crippen LogP contribution in [0.5, 0.6) is 0 Å². The number of quaternary nitrogens is 1. The van der Waals surface area contributed by atoms with Crippen molar-refractivity contribution in [3.8, 4) is 0 Å². The molecule has 0 aromatic rings. The summed E-state index contributed by atoms with van der Waals surface area (Å²) in [5.74, 6) is 0. The van der Waals surface area contributed by atoms with Crippen molar-refractivity contribution in [1.82, 2.24) is 0 Å². The lowest BCUT2D eigenvalue weighted by molar-refractivity contribution is -0.870. The molecule has 0 spiro atoms. The van der Waals surface area contributed by atoms with E-state index in [0.717, 1.165) is 0 Å². The van der Waals surface area contributed by atoms with Gasteiger partial charge in [0.2, 0.25) is 0 Å². The number of aliphatic hydroxyl groups excluding tert-OH is 1. The lowest BCUT2D eigenvalue weighted by Gasteiger charge is -2.27. The highest BCUT2D eigenvalue weighted by atomic mass is 31.2. The molecular weight excluding hydrogens is 209 g/mol. The smallest absolute Gasteiger partial charge is 0.268 e. The molecule has 0 saturated heterocycles. The van der Waals surface area contributed by atoms with Crippen molar-refractivity contribution in [3.05, 3.63) is 0 Å². The number of hydrogen-bond donors (Lipinski definition) is 1. The summed E-state index contributed by atoms with van der Waals surface area (Å²) < 4.78 is 20.4. The van der Waals surface area contributed by atoms with E-state index >= 15 is 0 Å². The number of hydrogen-bond acceptors (Lipinski definition) is 5. The molecule has 86 valence electrons. The Kier molecular flexibility index (Phi) is 5.81. The zero-order valence-electron chi connectivity index (χ0n) is 8.80. The summed E-state index contributed by atoms with van der Waals surface area (Å²) in [6, 6.07) is 0. The third-order valence-corrected chi connectivity index (χ3v) is 2.35. The summed E-state index contributed by atoms with van der Waals surface area (Å²) in [6.07, 6.45) is 0. The number of aliphatic hydroxyl groups is 1. The van der Waals surface area contributed by atoms with Crippen LogP contribution in [0.15, 0.2) is 0 Å². The lowest BCUT2D eigenvalue weighted by Crippen LogP contribution is -2.37.